The molecule has 2 aliphatic rings. The minimum Gasteiger partial charge on any atom is -0.432 e. The van der Waals surface area contributed by atoms with Crippen molar-refractivity contribution in [3.63, 3.8) is 0 Å². The Hall–Kier alpha value is -1.91. The van der Waals surface area contributed by atoms with Gasteiger partial charge in [0.2, 0.25) is 12.3 Å². The maximum atomic E-state index is 12.3. The van der Waals surface area contributed by atoms with Crippen molar-refractivity contribution in [2.75, 3.05) is 18.4 Å². The predicted octanol–water partition coefficient (Wildman–Crippen LogP) is -2.00. The first-order valence-electron chi connectivity index (χ1n) is 7.53. The average Bonchev–Trinajstić information content (AvgIpc) is 3.39. The van der Waals surface area contributed by atoms with Gasteiger partial charge in [-0.1, -0.05) is 5.04 Å². The van der Waals surface area contributed by atoms with Gasteiger partial charge in [0.15, 0.2) is 5.69 Å². The number of nitrogens with zero attached hydrogens (tertiary/aromatic N) is 5. The van der Waals surface area contributed by atoms with Gasteiger partial charge in [-0.2, -0.15) is 14.4 Å². The Kier molecular flexibility index (Phi) is 6.73. The van der Waals surface area contributed by atoms with Crippen LogP contribution in [0.15, 0.2) is 35.2 Å². The van der Waals surface area contributed by atoms with E-state index in [0.29, 0.717) is 24.6 Å². The molecule has 3 amide bonds. The molecule has 15 heteroatoms. The third kappa shape index (κ3) is 4.23. The van der Waals surface area contributed by atoms with E-state index >= 15 is 0 Å². The second kappa shape index (κ2) is 9.06. The summed E-state index contributed by atoms with van der Waals surface area (Å²) in [5, 5.41) is 19.3. The van der Waals surface area contributed by atoms with Crippen LogP contribution < -0.4 is 34.9 Å². The number of hydroxylamine groups is 2. The van der Waals surface area contributed by atoms with Crippen molar-refractivity contribution in [3.8, 4) is 0 Å². The Morgan fingerprint density at radius 2 is 2.32 bits per heavy atom. The number of hydrogen-bond acceptors (Lipinski definition) is 10. The fraction of sp³-hybridized carbons (Fsp3) is 0.231. The Morgan fingerprint density at radius 1 is 1.46 bits per heavy atom. The summed E-state index contributed by atoms with van der Waals surface area (Å²) in [6, 6.07) is 0.822. The summed E-state index contributed by atoms with van der Waals surface area (Å²) in [4.78, 5) is 29.8. The molecule has 13 nitrogen and oxygen atoms in total. The first kappa shape index (κ1) is 20.8. The van der Waals surface area contributed by atoms with Crippen LogP contribution in [-0.2, 0) is 13.7 Å². The monoisotopic (exact) mass is 419 g/mol. The van der Waals surface area contributed by atoms with Gasteiger partial charge in [-0.25, -0.2) is 19.7 Å². The molecule has 2 aromatic heterocycles. The third-order valence-electron chi connectivity index (χ3n) is 3.84. The molecule has 4 heterocycles. The molecule has 2 bridgehead atoms. The number of carbonyl (C=O) groups excluding carboxylic acids is 2. The quantitative estimate of drug-likeness (QED) is 0.170. The maximum Gasteiger partial charge on any atom is 1.00 e. The number of aromatic nitrogens is 3. The SMILES string of the molecule is O=C(Nc1ncco1)c1ccn(C2=CC3CN(C2)C(=O)N3OSOOO)n1.[Na+]. The summed E-state index contributed by atoms with van der Waals surface area (Å²) >= 11 is 0.297. The molecule has 0 aromatic carbocycles. The molecule has 1 saturated heterocycles. The first-order chi connectivity index (χ1) is 13.2. The molecule has 28 heavy (non-hydrogen) atoms. The van der Waals surface area contributed by atoms with Crippen LogP contribution in [0.2, 0.25) is 0 Å². The Bertz CT molecular complexity index is 875. The summed E-state index contributed by atoms with van der Waals surface area (Å²) in [6.45, 7) is 0.696. The van der Waals surface area contributed by atoms with E-state index in [4.69, 9.17) is 14.0 Å². The number of oxazole rings is 1. The van der Waals surface area contributed by atoms with E-state index in [1.54, 1.807) is 12.3 Å². The van der Waals surface area contributed by atoms with Crippen molar-refractivity contribution in [1.29, 1.82) is 0 Å². The molecule has 1 fully saturated rings. The Morgan fingerprint density at radius 3 is 3.07 bits per heavy atom. The molecule has 2 aliphatic heterocycles. The topological polar surface area (TPSA) is 144 Å². The predicted molar refractivity (Wildman–Crippen MR) is 87.0 cm³/mol. The fourth-order valence-electron chi connectivity index (χ4n) is 2.73. The second-order valence-electron chi connectivity index (χ2n) is 5.44. The van der Waals surface area contributed by atoms with Gasteiger partial charge in [-0.3, -0.25) is 10.1 Å². The van der Waals surface area contributed by atoms with Crippen molar-refractivity contribution in [3.05, 3.63) is 36.5 Å². The number of amides is 3. The van der Waals surface area contributed by atoms with E-state index in [1.165, 1.54) is 28.1 Å². The van der Waals surface area contributed by atoms with Gasteiger partial charge in [0.1, 0.15) is 12.3 Å². The van der Waals surface area contributed by atoms with Gasteiger partial charge in [0.25, 0.3) is 5.91 Å². The van der Waals surface area contributed by atoms with Crippen molar-refractivity contribution in [2.45, 2.75) is 6.04 Å². The summed E-state index contributed by atoms with van der Waals surface area (Å²) in [5.74, 6) is -0.477. The van der Waals surface area contributed by atoms with E-state index < -0.39 is 11.9 Å². The van der Waals surface area contributed by atoms with Crippen molar-refractivity contribution in [2.24, 2.45) is 0 Å². The molecule has 1 atom stereocenters. The van der Waals surface area contributed by atoms with Crippen molar-refractivity contribution in [1.82, 2.24) is 24.7 Å². The minimum absolute atomic E-state index is 0. The van der Waals surface area contributed by atoms with Crippen molar-refractivity contribution < 1.29 is 62.5 Å². The van der Waals surface area contributed by atoms with Gasteiger partial charge in [0.05, 0.1) is 18.4 Å². The Balaban J connectivity index is 0.00000225. The smallest absolute Gasteiger partial charge is 0.432 e. The van der Waals surface area contributed by atoms with E-state index in [-0.39, 0.29) is 53.8 Å². The van der Waals surface area contributed by atoms with E-state index in [0.717, 1.165) is 5.06 Å². The number of rotatable bonds is 7. The molecular formula is C13H12N6NaO7S+. The number of carbonyl (C=O) groups is 2. The van der Waals surface area contributed by atoms with Crippen LogP contribution in [0, 0.1) is 0 Å². The third-order valence-corrected chi connectivity index (χ3v) is 4.18. The zero-order chi connectivity index (χ0) is 18.8. The normalized spacial score (nSPS) is 18.1. The van der Waals surface area contributed by atoms with Gasteiger partial charge < -0.3 is 9.32 Å². The molecule has 0 saturated carbocycles. The van der Waals surface area contributed by atoms with Crippen LogP contribution in [0.3, 0.4) is 0 Å². The molecule has 2 N–H and O–H groups in total. The van der Waals surface area contributed by atoms with E-state index in [2.05, 4.69) is 24.8 Å². The summed E-state index contributed by atoms with van der Waals surface area (Å²) in [6.07, 6.45) is 6.14. The summed E-state index contributed by atoms with van der Waals surface area (Å²) < 4.78 is 15.6. The molecule has 0 spiro atoms. The average molecular weight is 419 g/mol. The largest absolute Gasteiger partial charge is 1.00 e. The standard InChI is InChI=1S/C13H12N6O7S.Na/c20-11(15-12-14-2-4-23-12)10-1-3-18(16-10)8-5-9-7-17(6-8)13(21)19(9)24-27-26-25-22;/h1-5,9,22H,6-7H2,(H,14,15,20);/q;+1. The van der Waals surface area contributed by atoms with Gasteiger partial charge in [0, 0.05) is 12.7 Å². The second-order valence-corrected chi connectivity index (χ2v) is 5.86. The van der Waals surface area contributed by atoms with Crippen LogP contribution in [0.25, 0.3) is 5.70 Å². The van der Waals surface area contributed by atoms with Crippen LogP contribution in [0.4, 0.5) is 10.8 Å². The van der Waals surface area contributed by atoms with Gasteiger partial charge >= 0.3 is 41.6 Å². The van der Waals surface area contributed by atoms with E-state index in [1.807, 2.05) is 0 Å². The Labute approximate surface area is 183 Å². The van der Waals surface area contributed by atoms with E-state index in [9.17, 15) is 9.59 Å². The zero-order valence-electron chi connectivity index (χ0n) is 14.4. The number of hydrogen-bond donors (Lipinski definition) is 2. The zero-order valence-corrected chi connectivity index (χ0v) is 17.2. The van der Waals surface area contributed by atoms with Crippen LogP contribution in [-0.4, -0.2) is 61.1 Å². The molecule has 0 aliphatic carbocycles. The van der Waals surface area contributed by atoms with Crippen molar-refractivity contribution >= 4 is 36.0 Å². The van der Waals surface area contributed by atoms with Crippen LogP contribution in [0.1, 0.15) is 10.5 Å². The van der Waals surface area contributed by atoms with Gasteiger partial charge in [-0.05, 0) is 12.1 Å². The number of fused-ring (bicyclic) bond motifs is 2. The molecule has 4 rings (SSSR count). The summed E-state index contributed by atoms with van der Waals surface area (Å²) in [5.41, 5.74) is 0.843. The number of nitrogens with one attached hydrogen (secondary N) is 1. The fourth-order valence-corrected chi connectivity index (χ4v) is 3.02. The van der Waals surface area contributed by atoms with Crippen LogP contribution in [0.5, 0.6) is 0 Å². The molecular weight excluding hydrogens is 407 g/mol. The number of urea groups is 1. The molecule has 142 valence electrons. The molecule has 1 unspecified atom stereocenters. The van der Waals surface area contributed by atoms with Gasteiger partial charge in [-0.15, -0.1) is 4.33 Å². The van der Waals surface area contributed by atoms with Crippen LogP contribution >= 0.6 is 12.3 Å². The maximum absolute atomic E-state index is 12.3. The molecule has 0 radical (unpaired) electrons. The number of anilines is 1. The first-order valence-corrected chi connectivity index (χ1v) is 8.19. The molecule has 2 aromatic rings. The summed E-state index contributed by atoms with van der Waals surface area (Å²) in [7, 11) is 0. The minimum atomic E-state index is -0.477.